The van der Waals surface area contributed by atoms with E-state index in [1.807, 2.05) is 14.1 Å². The number of oxazole rings is 1. The van der Waals surface area contributed by atoms with E-state index in [0.29, 0.717) is 55.6 Å². The fraction of sp³-hybridized carbons (Fsp3) is 0.526. The Hall–Kier alpha value is -3.01. The maximum absolute atomic E-state index is 12.7. The molecule has 1 atom stereocenters. The second-order valence-electron chi connectivity index (χ2n) is 7.12. The molecule has 0 aromatic carbocycles. The Kier molecular flexibility index (Phi) is 6.42. The molecule has 0 aliphatic carbocycles. The molecule has 3 heterocycles. The van der Waals surface area contributed by atoms with Crippen LogP contribution in [0.5, 0.6) is 0 Å². The van der Waals surface area contributed by atoms with Gasteiger partial charge in [0.15, 0.2) is 6.39 Å². The molecule has 0 spiro atoms. The van der Waals surface area contributed by atoms with E-state index in [1.54, 1.807) is 30.0 Å². The third-order valence-electron chi connectivity index (χ3n) is 4.84. The van der Waals surface area contributed by atoms with Crippen LogP contribution in [0.2, 0.25) is 0 Å². The summed E-state index contributed by atoms with van der Waals surface area (Å²) in [7, 11) is 5.26. The monoisotopic (exact) mass is 402 g/mol. The number of aromatic nitrogens is 3. The summed E-state index contributed by atoms with van der Waals surface area (Å²) in [5.41, 5.74) is 1.62. The molecule has 10 nitrogen and oxygen atoms in total. The summed E-state index contributed by atoms with van der Waals surface area (Å²) in [5, 5.41) is 2.81. The number of ether oxygens (including phenoxy) is 1. The van der Waals surface area contributed by atoms with E-state index < -0.39 is 0 Å². The van der Waals surface area contributed by atoms with Gasteiger partial charge in [-0.05, 0) is 13.3 Å². The van der Waals surface area contributed by atoms with Crippen LogP contribution in [0.4, 0.5) is 5.95 Å². The number of anilines is 1. The van der Waals surface area contributed by atoms with E-state index in [-0.39, 0.29) is 23.5 Å². The zero-order chi connectivity index (χ0) is 21.0. The zero-order valence-corrected chi connectivity index (χ0v) is 17.1. The zero-order valence-electron chi connectivity index (χ0n) is 17.1. The van der Waals surface area contributed by atoms with Crippen molar-refractivity contribution < 1.29 is 18.7 Å². The van der Waals surface area contributed by atoms with E-state index in [2.05, 4.69) is 20.3 Å². The number of nitrogens with one attached hydrogen (secondary N) is 1. The number of hydrogen-bond acceptors (Lipinski definition) is 8. The van der Waals surface area contributed by atoms with Crippen molar-refractivity contribution in [3.63, 3.8) is 0 Å². The summed E-state index contributed by atoms with van der Waals surface area (Å²) in [6.45, 7) is 3.54. The Morgan fingerprint density at radius 1 is 1.38 bits per heavy atom. The van der Waals surface area contributed by atoms with Crippen LogP contribution in [0.3, 0.4) is 0 Å². The number of likely N-dealkylation sites (tertiary alicyclic amines) is 1. The standard InChI is InChI=1S/C19H26N6O4/c1-12-16(29-11-22-12)18(27)25-7-5-13(10-25)15-14(17(26)20-6-8-28-4)9-21-19(23-15)24(2)3/h9,11,13H,5-8,10H2,1-4H3,(H,20,26). The average Bonchev–Trinajstić information content (AvgIpc) is 3.36. The first-order valence-corrected chi connectivity index (χ1v) is 9.43. The summed E-state index contributed by atoms with van der Waals surface area (Å²) in [5.74, 6) is 0.241. The van der Waals surface area contributed by atoms with Gasteiger partial charge >= 0.3 is 0 Å². The Morgan fingerprint density at radius 2 is 2.17 bits per heavy atom. The third kappa shape index (κ3) is 4.53. The number of rotatable bonds is 7. The molecule has 29 heavy (non-hydrogen) atoms. The lowest BCUT2D eigenvalue weighted by Crippen LogP contribution is -2.31. The van der Waals surface area contributed by atoms with Crippen LogP contribution in [0.1, 0.15) is 44.6 Å². The van der Waals surface area contributed by atoms with E-state index >= 15 is 0 Å². The van der Waals surface area contributed by atoms with Crippen molar-refractivity contribution in [2.75, 3.05) is 52.3 Å². The lowest BCUT2D eigenvalue weighted by molar-refractivity contribution is 0.0758. The number of hydrogen-bond donors (Lipinski definition) is 1. The van der Waals surface area contributed by atoms with Crippen molar-refractivity contribution in [3.8, 4) is 0 Å². The minimum absolute atomic E-state index is 0.0768. The van der Waals surface area contributed by atoms with Crippen molar-refractivity contribution in [2.45, 2.75) is 19.3 Å². The molecular formula is C19H26N6O4. The van der Waals surface area contributed by atoms with Crippen molar-refractivity contribution in [1.29, 1.82) is 0 Å². The van der Waals surface area contributed by atoms with E-state index in [0.717, 1.165) is 0 Å². The Labute approximate surface area is 169 Å². The quantitative estimate of drug-likeness (QED) is 0.678. The minimum atomic E-state index is -0.252. The van der Waals surface area contributed by atoms with Gasteiger partial charge in [0.1, 0.15) is 0 Å². The van der Waals surface area contributed by atoms with Gasteiger partial charge in [0.2, 0.25) is 11.7 Å². The molecule has 1 fully saturated rings. The van der Waals surface area contributed by atoms with Crippen LogP contribution in [0.25, 0.3) is 0 Å². The van der Waals surface area contributed by atoms with Gasteiger partial charge < -0.3 is 24.3 Å². The van der Waals surface area contributed by atoms with Crippen LogP contribution in [0.15, 0.2) is 17.0 Å². The molecule has 156 valence electrons. The molecule has 3 rings (SSSR count). The number of aryl methyl sites for hydroxylation is 1. The fourth-order valence-corrected chi connectivity index (χ4v) is 3.27. The predicted octanol–water partition coefficient (Wildman–Crippen LogP) is 0.845. The highest BCUT2D eigenvalue weighted by Crippen LogP contribution is 2.30. The second kappa shape index (κ2) is 8.99. The summed E-state index contributed by atoms with van der Waals surface area (Å²) in [6.07, 6.45) is 3.51. The van der Waals surface area contributed by atoms with Gasteiger partial charge in [-0.2, -0.15) is 0 Å². The molecule has 10 heteroatoms. The van der Waals surface area contributed by atoms with E-state index in [1.165, 1.54) is 6.39 Å². The van der Waals surface area contributed by atoms with Crippen molar-refractivity contribution >= 4 is 17.8 Å². The second-order valence-corrected chi connectivity index (χ2v) is 7.12. The molecule has 2 aromatic rings. The highest BCUT2D eigenvalue weighted by Gasteiger charge is 2.33. The Bertz CT molecular complexity index is 881. The van der Waals surface area contributed by atoms with Crippen LogP contribution in [-0.2, 0) is 4.74 Å². The van der Waals surface area contributed by atoms with Crippen LogP contribution >= 0.6 is 0 Å². The fourth-order valence-electron chi connectivity index (χ4n) is 3.27. The molecule has 1 aliphatic rings. The van der Waals surface area contributed by atoms with Gasteiger partial charge in [0, 0.05) is 53.0 Å². The van der Waals surface area contributed by atoms with Crippen LogP contribution < -0.4 is 10.2 Å². The SMILES string of the molecule is COCCNC(=O)c1cnc(N(C)C)nc1C1CCN(C(=O)c2ocnc2C)C1. The predicted molar refractivity (Wildman–Crippen MR) is 105 cm³/mol. The minimum Gasteiger partial charge on any atom is -0.438 e. The van der Waals surface area contributed by atoms with Gasteiger partial charge in [-0.15, -0.1) is 0 Å². The molecule has 2 amide bonds. The molecule has 1 aliphatic heterocycles. The Morgan fingerprint density at radius 3 is 2.83 bits per heavy atom. The lowest BCUT2D eigenvalue weighted by Gasteiger charge is -2.19. The normalized spacial score (nSPS) is 16.1. The molecule has 0 saturated carbocycles. The number of amides is 2. The summed E-state index contributed by atoms with van der Waals surface area (Å²) in [6, 6.07) is 0. The van der Waals surface area contributed by atoms with Gasteiger partial charge in [-0.3, -0.25) is 9.59 Å². The molecule has 1 unspecified atom stereocenters. The third-order valence-corrected chi connectivity index (χ3v) is 4.84. The number of carbonyl (C=O) groups excluding carboxylic acids is 2. The number of carbonyl (C=O) groups is 2. The topological polar surface area (TPSA) is 114 Å². The average molecular weight is 402 g/mol. The summed E-state index contributed by atoms with van der Waals surface area (Å²) < 4.78 is 10.2. The van der Waals surface area contributed by atoms with Crippen molar-refractivity contribution in [2.24, 2.45) is 0 Å². The maximum Gasteiger partial charge on any atom is 0.291 e. The first-order chi connectivity index (χ1) is 13.9. The first-order valence-electron chi connectivity index (χ1n) is 9.43. The molecule has 0 radical (unpaired) electrons. The highest BCUT2D eigenvalue weighted by molar-refractivity contribution is 5.95. The van der Waals surface area contributed by atoms with Crippen LogP contribution in [-0.4, -0.2) is 79.1 Å². The number of nitrogens with zero attached hydrogens (tertiary/aromatic N) is 5. The summed E-state index contributed by atoms with van der Waals surface area (Å²) >= 11 is 0. The highest BCUT2D eigenvalue weighted by atomic mass is 16.5. The molecule has 1 N–H and O–H groups in total. The molecule has 2 aromatic heterocycles. The Balaban J connectivity index is 1.82. The van der Waals surface area contributed by atoms with Gasteiger partial charge in [-0.1, -0.05) is 0 Å². The van der Waals surface area contributed by atoms with Gasteiger partial charge in [0.05, 0.1) is 23.6 Å². The van der Waals surface area contributed by atoms with E-state index in [9.17, 15) is 9.59 Å². The summed E-state index contributed by atoms with van der Waals surface area (Å²) in [4.78, 5) is 41.8. The molecule has 0 bridgehead atoms. The maximum atomic E-state index is 12.7. The van der Waals surface area contributed by atoms with Gasteiger partial charge in [-0.25, -0.2) is 15.0 Å². The van der Waals surface area contributed by atoms with Crippen LogP contribution in [0, 0.1) is 6.92 Å². The largest absolute Gasteiger partial charge is 0.438 e. The van der Waals surface area contributed by atoms with Crippen molar-refractivity contribution in [1.82, 2.24) is 25.2 Å². The van der Waals surface area contributed by atoms with Gasteiger partial charge in [0.25, 0.3) is 11.8 Å². The molecule has 1 saturated heterocycles. The smallest absolute Gasteiger partial charge is 0.291 e. The number of methoxy groups -OCH3 is 1. The lowest BCUT2D eigenvalue weighted by atomic mass is 9.99. The first kappa shape index (κ1) is 20.7. The molecular weight excluding hydrogens is 376 g/mol. The van der Waals surface area contributed by atoms with E-state index in [4.69, 9.17) is 9.15 Å². The van der Waals surface area contributed by atoms with Crippen molar-refractivity contribution in [3.05, 3.63) is 35.3 Å².